The van der Waals surface area contributed by atoms with E-state index in [4.69, 9.17) is 14.9 Å². The zero-order valence-electron chi connectivity index (χ0n) is 8.81. The monoisotopic (exact) mass is 255 g/mol. The van der Waals surface area contributed by atoms with Crippen molar-refractivity contribution in [2.24, 2.45) is 5.92 Å². The van der Waals surface area contributed by atoms with Crippen LogP contribution in [0.2, 0.25) is 0 Å². The highest BCUT2D eigenvalue weighted by Crippen LogP contribution is 2.34. The summed E-state index contributed by atoms with van der Waals surface area (Å²) in [7, 11) is -4.04. The first-order valence-corrected chi connectivity index (χ1v) is 6.87. The van der Waals surface area contributed by atoms with Crippen molar-refractivity contribution in [3.05, 3.63) is 0 Å². The molecule has 1 fully saturated rings. The van der Waals surface area contributed by atoms with Crippen LogP contribution in [0.5, 0.6) is 0 Å². The van der Waals surface area contributed by atoms with E-state index >= 15 is 0 Å². The normalized spacial score (nSPS) is 32.9. The zero-order chi connectivity index (χ0) is 12.3. The van der Waals surface area contributed by atoms with Gasteiger partial charge in [-0.25, -0.2) is 0 Å². The van der Waals surface area contributed by atoms with Crippen LogP contribution in [-0.4, -0.2) is 74.6 Å². The second-order valence-electron chi connectivity index (χ2n) is 4.15. The van der Waals surface area contributed by atoms with Crippen LogP contribution in [0.1, 0.15) is 0 Å². The number of hydrogen-bond donors (Lipinski definition) is 5. The van der Waals surface area contributed by atoms with E-state index < -0.39 is 25.7 Å². The summed E-state index contributed by atoms with van der Waals surface area (Å²) in [6.45, 7) is 0.377. The smallest absolute Gasteiger partial charge is 0.326 e. The van der Waals surface area contributed by atoms with Gasteiger partial charge in [-0.05, 0) is 0 Å². The SMILES string of the molecule is O=P(O)(O)CCN1C[C@@H](CO)[C@H](O)[C@@H](O)C1. The van der Waals surface area contributed by atoms with Crippen LogP contribution in [-0.2, 0) is 4.57 Å². The molecule has 1 rings (SSSR count). The molecule has 0 bridgehead atoms. The van der Waals surface area contributed by atoms with E-state index in [2.05, 4.69) is 0 Å². The van der Waals surface area contributed by atoms with Gasteiger partial charge < -0.3 is 25.1 Å². The first-order chi connectivity index (χ1) is 7.33. The predicted octanol–water partition coefficient (Wildman–Crippen LogP) is -2.19. The third kappa shape index (κ3) is 4.10. The van der Waals surface area contributed by atoms with Crippen LogP contribution in [0.25, 0.3) is 0 Å². The largest absolute Gasteiger partial charge is 0.396 e. The zero-order valence-corrected chi connectivity index (χ0v) is 9.70. The van der Waals surface area contributed by atoms with Gasteiger partial charge in [0.05, 0.1) is 18.4 Å². The van der Waals surface area contributed by atoms with Crippen LogP contribution in [0.4, 0.5) is 0 Å². The fraction of sp³-hybridized carbons (Fsp3) is 1.00. The van der Waals surface area contributed by atoms with Crippen molar-refractivity contribution in [2.45, 2.75) is 12.2 Å². The fourth-order valence-electron chi connectivity index (χ4n) is 1.82. The van der Waals surface area contributed by atoms with Crippen molar-refractivity contribution in [3.63, 3.8) is 0 Å². The van der Waals surface area contributed by atoms with Gasteiger partial charge in [-0.15, -0.1) is 0 Å². The van der Waals surface area contributed by atoms with Crippen molar-refractivity contribution < 1.29 is 29.7 Å². The number of nitrogens with zero attached hydrogens (tertiary/aromatic N) is 1. The quantitative estimate of drug-likeness (QED) is 0.362. The molecule has 0 aromatic heterocycles. The van der Waals surface area contributed by atoms with Crippen molar-refractivity contribution in [2.75, 3.05) is 32.4 Å². The molecule has 0 aromatic carbocycles. The average Bonchev–Trinajstić information content (AvgIpc) is 2.18. The molecule has 8 heteroatoms. The molecule has 0 radical (unpaired) electrons. The Morgan fingerprint density at radius 1 is 1.25 bits per heavy atom. The van der Waals surface area contributed by atoms with E-state index in [9.17, 15) is 14.8 Å². The fourth-order valence-corrected chi connectivity index (χ4v) is 2.36. The molecule has 3 atom stereocenters. The molecule has 16 heavy (non-hydrogen) atoms. The molecule has 5 N–H and O–H groups in total. The standard InChI is InChI=1S/C8H18NO6P/c10-5-6-3-9(1-2-16(13,14)15)4-7(11)8(6)12/h6-8,10-12H,1-5H2,(H2,13,14,15)/t6-,7-,8-/m0/s1. The highest BCUT2D eigenvalue weighted by Gasteiger charge is 2.34. The van der Waals surface area contributed by atoms with Gasteiger partial charge >= 0.3 is 7.60 Å². The number of likely N-dealkylation sites (tertiary alicyclic amines) is 1. The van der Waals surface area contributed by atoms with Gasteiger partial charge in [0, 0.05) is 32.2 Å². The number of aliphatic hydroxyl groups excluding tert-OH is 3. The number of hydrogen-bond acceptors (Lipinski definition) is 5. The Hall–Kier alpha value is -0.0100. The van der Waals surface area contributed by atoms with Gasteiger partial charge in [-0.2, -0.15) is 0 Å². The number of rotatable bonds is 4. The predicted molar refractivity (Wildman–Crippen MR) is 55.9 cm³/mol. The molecule has 1 aliphatic rings. The Balaban J connectivity index is 2.47. The third-order valence-corrected chi connectivity index (χ3v) is 3.54. The number of β-amino-alcohol motifs (C(OH)–C–C–N with tert-alkyl or cyclic N) is 1. The van der Waals surface area contributed by atoms with Gasteiger partial charge in [-0.1, -0.05) is 0 Å². The minimum atomic E-state index is -4.04. The highest BCUT2D eigenvalue weighted by atomic mass is 31.2. The molecule has 0 saturated carbocycles. The highest BCUT2D eigenvalue weighted by molar-refractivity contribution is 7.51. The Morgan fingerprint density at radius 3 is 2.38 bits per heavy atom. The maximum atomic E-state index is 10.7. The molecule has 0 amide bonds. The van der Waals surface area contributed by atoms with Gasteiger partial charge in [0.2, 0.25) is 0 Å². The van der Waals surface area contributed by atoms with E-state index in [1.807, 2.05) is 0 Å². The summed E-state index contributed by atoms with van der Waals surface area (Å²) in [5, 5.41) is 27.9. The van der Waals surface area contributed by atoms with Crippen molar-refractivity contribution >= 4 is 7.60 Å². The van der Waals surface area contributed by atoms with Crippen molar-refractivity contribution in [3.8, 4) is 0 Å². The molecule has 1 heterocycles. The minimum Gasteiger partial charge on any atom is -0.396 e. The lowest BCUT2D eigenvalue weighted by Crippen LogP contribution is -2.54. The molecule has 1 aliphatic heterocycles. The van der Waals surface area contributed by atoms with Gasteiger partial charge in [-0.3, -0.25) is 9.46 Å². The molecular weight excluding hydrogens is 237 g/mol. The summed E-state index contributed by atoms with van der Waals surface area (Å²) in [5.74, 6) is -0.472. The summed E-state index contributed by atoms with van der Waals surface area (Å²) >= 11 is 0. The summed E-state index contributed by atoms with van der Waals surface area (Å²) < 4.78 is 10.7. The molecule has 96 valence electrons. The van der Waals surface area contributed by atoms with Crippen LogP contribution in [0.15, 0.2) is 0 Å². The summed E-state index contributed by atoms with van der Waals surface area (Å²) in [6, 6.07) is 0. The average molecular weight is 255 g/mol. The van der Waals surface area contributed by atoms with Crippen molar-refractivity contribution in [1.82, 2.24) is 4.90 Å². The van der Waals surface area contributed by atoms with Crippen LogP contribution < -0.4 is 0 Å². The second-order valence-corrected chi connectivity index (χ2v) is 5.93. The molecule has 0 spiro atoms. The number of piperidine rings is 1. The second kappa shape index (κ2) is 5.55. The Morgan fingerprint density at radius 2 is 1.88 bits per heavy atom. The Kier molecular flexibility index (Phi) is 4.88. The molecular formula is C8H18NO6P. The summed E-state index contributed by atoms with van der Waals surface area (Å²) in [4.78, 5) is 19.1. The van der Waals surface area contributed by atoms with Crippen LogP contribution >= 0.6 is 7.60 Å². The number of aliphatic hydroxyl groups is 3. The van der Waals surface area contributed by atoms with Gasteiger partial charge in [0.25, 0.3) is 0 Å². The van der Waals surface area contributed by atoms with E-state index in [1.54, 1.807) is 4.90 Å². The van der Waals surface area contributed by atoms with E-state index in [0.717, 1.165) is 0 Å². The third-order valence-electron chi connectivity index (χ3n) is 2.76. The van der Waals surface area contributed by atoms with Gasteiger partial charge in [0.15, 0.2) is 0 Å². The van der Waals surface area contributed by atoms with E-state index in [-0.39, 0.29) is 25.9 Å². The molecule has 1 saturated heterocycles. The van der Waals surface area contributed by atoms with Crippen LogP contribution in [0, 0.1) is 5.92 Å². The minimum absolute atomic E-state index is 0.143. The van der Waals surface area contributed by atoms with Gasteiger partial charge in [0.1, 0.15) is 0 Å². The maximum Gasteiger partial charge on any atom is 0.326 e. The Bertz CT molecular complexity index is 269. The van der Waals surface area contributed by atoms with Crippen molar-refractivity contribution in [1.29, 1.82) is 0 Å². The van der Waals surface area contributed by atoms with Crippen LogP contribution in [0.3, 0.4) is 0 Å². The molecule has 0 aromatic rings. The van der Waals surface area contributed by atoms with E-state index in [0.29, 0.717) is 6.54 Å². The van der Waals surface area contributed by atoms with E-state index in [1.165, 1.54) is 0 Å². The maximum absolute atomic E-state index is 10.7. The Labute approximate surface area is 93.5 Å². The first kappa shape index (κ1) is 14.1. The lowest BCUT2D eigenvalue weighted by molar-refractivity contribution is -0.0848. The molecule has 0 aliphatic carbocycles. The summed E-state index contributed by atoms with van der Waals surface area (Å²) in [5.41, 5.74) is 0. The summed E-state index contributed by atoms with van der Waals surface area (Å²) in [6.07, 6.45) is -2.24. The lowest BCUT2D eigenvalue weighted by Gasteiger charge is -2.38. The molecule has 7 nitrogen and oxygen atoms in total. The first-order valence-electron chi connectivity index (χ1n) is 5.07. The molecule has 0 unspecified atom stereocenters. The lowest BCUT2D eigenvalue weighted by atomic mass is 9.93. The topological polar surface area (TPSA) is 121 Å².